The van der Waals surface area contributed by atoms with Gasteiger partial charge in [-0.05, 0) is 30.3 Å². The van der Waals surface area contributed by atoms with Gasteiger partial charge in [0.15, 0.2) is 11.5 Å². The van der Waals surface area contributed by atoms with E-state index in [2.05, 4.69) is 10.1 Å². The van der Waals surface area contributed by atoms with E-state index in [-0.39, 0.29) is 11.5 Å². The van der Waals surface area contributed by atoms with Crippen molar-refractivity contribution in [1.29, 1.82) is 0 Å². The van der Waals surface area contributed by atoms with Crippen LogP contribution >= 0.6 is 0 Å². The van der Waals surface area contributed by atoms with Crippen LogP contribution in [0.1, 0.15) is 0 Å². The van der Waals surface area contributed by atoms with Gasteiger partial charge in [0.05, 0.1) is 7.11 Å². The lowest BCUT2D eigenvalue weighted by Crippen LogP contribution is -1.85. The molecule has 0 radical (unpaired) electrons. The zero-order chi connectivity index (χ0) is 14.8. The smallest absolute Gasteiger partial charge is 0.258 e. The van der Waals surface area contributed by atoms with E-state index in [0.29, 0.717) is 28.6 Å². The molecule has 0 unspecified atom stereocenters. The molecule has 1 aromatic heterocycles. The van der Waals surface area contributed by atoms with Gasteiger partial charge >= 0.3 is 0 Å². The normalized spacial score (nSPS) is 10.5. The SMILES string of the molecule is COc1cc(-c2nc(-c3cccc(O)c3)no2)ccc1O. The van der Waals surface area contributed by atoms with E-state index in [1.54, 1.807) is 36.4 Å². The highest BCUT2D eigenvalue weighted by atomic mass is 16.5. The maximum atomic E-state index is 9.58. The molecule has 0 saturated carbocycles. The van der Waals surface area contributed by atoms with Crippen molar-refractivity contribution in [3.63, 3.8) is 0 Å². The highest BCUT2D eigenvalue weighted by Gasteiger charge is 2.13. The Morgan fingerprint density at radius 3 is 2.67 bits per heavy atom. The van der Waals surface area contributed by atoms with Gasteiger partial charge in [-0.2, -0.15) is 4.98 Å². The second-order valence-corrected chi connectivity index (χ2v) is 4.36. The molecule has 1 heterocycles. The second-order valence-electron chi connectivity index (χ2n) is 4.36. The fourth-order valence-electron chi connectivity index (χ4n) is 1.91. The van der Waals surface area contributed by atoms with Gasteiger partial charge in [0, 0.05) is 11.1 Å². The van der Waals surface area contributed by atoms with Crippen molar-refractivity contribution in [2.45, 2.75) is 0 Å². The Bertz CT molecular complexity index is 783. The third kappa shape index (κ3) is 2.51. The van der Waals surface area contributed by atoms with Gasteiger partial charge in [-0.25, -0.2) is 0 Å². The number of aromatic nitrogens is 2. The van der Waals surface area contributed by atoms with Gasteiger partial charge in [0.25, 0.3) is 5.89 Å². The minimum absolute atomic E-state index is 0.0361. The number of benzene rings is 2. The number of phenols is 2. The summed E-state index contributed by atoms with van der Waals surface area (Å²) in [7, 11) is 1.46. The first-order chi connectivity index (χ1) is 10.2. The van der Waals surface area contributed by atoms with Crippen LogP contribution in [0.15, 0.2) is 47.0 Å². The van der Waals surface area contributed by atoms with E-state index < -0.39 is 0 Å². The summed E-state index contributed by atoms with van der Waals surface area (Å²) < 4.78 is 10.2. The van der Waals surface area contributed by atoms with Gasteiger partial charge in [0.2, 0.25) is 5.82 Å². The first kappa shape index (κ1) is 13.0. The van der Waals surface area contributed by atoms with Gasteiger partial charge < -0.3 is 19.5 Å². The quantitative estimate of drug-likeness (QED) is 0.768. The van der Waals surface area contributed by atoms with Crippen LogP contribution in [-0.4, -0.2) is 27.5 Å². The number of methoxy groups -OCH3 is 1. The van der Waals surface area contributed by atoms with E-state index in [1.807, 2.05) is 0 Å². The number of phenolic OH excluding ortho intramolecular Hbond substituents is 2. The number of hydrogen-bond acceptors (Lipinski definition) is 6. The molecule has 0 fully saturated rings. The minimum atomic E-state index is 0.0361. The molecule has 0 aliphatic carbocycles. The number of aromatic hydroxyl groups is 2. The Balaban J connectivity index is 1.98. The fourth-order valence-corrected chi connectivity index (χ4v) is 1.91. The predicted octanol–water partition coefficient (Wildman–Crippen LogP) is 2.82. The zero-order valence-corrected chi connectivity index (χ0v) is 11.1. The standard InChI is InChI=1S/C15H12N2O4/c1-20-13-8-10(5-6-12(13)19)15-16-14(17-21-15)9-3-2-4-11(18)7-9/h2-8,18-19H,1H3. The molecule has 2 N–H and O–H groups in total. The second kappa shape index (κ2) is 5.16. The van der Waals surface area contributed by atoms with E-state index >= 15 is 0 Å². The molecule has 0 spiro atoms. The van der Waals surface area contributed by atoms with Crippen LogP contribution in [0.3, 0.4) is 0 Å². The van der Waals surface area contributed by atoms with Gasteiger partial charge in [0.1, 0.15) is 5.75 Å². The van der Waals surface area contributed by atoms with Gasteiger partial charge in [-0.15, -0.1) is 0 Å². The molecule has 6 nitrogen and oxygen atoms in total. The number of hydrogen-bond donors (Lipinski definition) is 2. The van der Waals surface area contributed by atoms with E-state index in [9.17, 15) is 10.2 Å². The highest BCUT2D eigenvalue weighted by Crippen LogP contribution is 2.31. The molecule has 2 aromatic carbocycles. The zero-order valence-electron chi connectivity index (χ0n) is 11.1. The fraction of sp³-hybridized carbons (Fsp3) is 0.0667. The molecule has 0 bridgehead atoms. The van der Waals surface area contributed by atoms with Crippen LogP contribution in [0, 0.1) is 0 Å². The molecule has 0 saturated heterocycles. The Labute approximate surface area is 120 Å². The summed E-state index contributed by atoms with van der Waals surface area (Å²) in [5, 5.41) is 22.9. The molecule has 21 heavy (non-hydrogen) atoms. The lowest BCUT2D eigenvalue weighted by molar-refractivity contribution is 0.373. The Morgan fingerprint density at radius 1 is 1.05 bits per heavy atom. The summed E-state index contributed by atoms with van der Waals surface area (Å²) in [6, 6.07) is 11.3. The van der Waals surface area contributed by atoms with E-state index in [0.717, 1.165) is 0 Å². The van der Waals surface area contributed by atoms with Crippen molar-refractivity contribution in [3.8, 4) is 40.1 Å². The molecule has 0 atom stereocenters. The third-order valence-electron chi connectivity index (χ3n) is 2.96. The van der Waals surface area contributed by atoms with Crippen molar-refractivity contribution in [2.24, 2.45) is 0 Å². The first-order valence-electron chi connectivity index (χ1n) is 6.18. The van der Waals surface area contributed by atoms with Crippen LogP contribution < -0.4 is 4.74 Å². The third-order valence-corrected chi connectivity index (χ3v) is 2.96. The molecule has 3 rings (SSSR count). The summed E-state index contributed by atoms with van der Waals surface area (Å²) in [5.41, 5.74) is 1.28. The number of nitrogens with zero attached hydrogens (tertiary/aromatic N) is 2. The van der Waals surface area contributed by atoms with Crippen LogP contribution in [0.2, 0.25) is 0 Å². The van der Waals surface area contributed by atoms with Crippen LogP contribution in [0.4, 0.5) is 0 Å². The summed E-state index contributed by atoms with van der Waals surface area (Å²) in [4.78, 5) is 4.27. The lowest BCUT2D eigenvalue weighted by atomic mass is 10.2. The maximum Gasteiger partial charge on any atom is 0.258 e. The lowest BCUT2D eigenvalue weighted by Gasteiger charge is -2.03. The molecule has 6 heteroatoms. The van der Waals surface area contributed by atoms with E-state index in [4.69, 9.17) is 9.26 Å². The largest absolute Gasteiger partial charge is 0.508 e. The van der Waals surface area contributed by atoms with Crippen molar-refractivity contribution < 1.29 is 19.5 Å². The van der Waals surface area contributed by atoms with Crippen molar-refractivity contribution in [1.82, 2.24) is 10.1 Å². The summed E-state index contributed by atoms with van der Waals surface area (Å²) >= 11 is 0. The minimum Gasteiger partial charge on any atom is -0.508 e. The Kier molecular flexibility index (Phi) is 3.19. The average Bonchev–Trinajstić information content (AvgIpc) is 2.97. The van der Waals surface area contributed by atoms with Crippen molar-refractivity contribution in [2.75, 3.05) is 7.11 Å². The summed E-state index contributed by atoms with van der Waals surface area (Å²) in [5.74, 6) is 1.16. The summed E-state index contributed by atoms with van der Waals surface area (Å²) in [6.07, 6.45) is 0. The van der Waals surface area contributed by atoms with Crippen molar-refractivity contribution >= 4 is 0 Å². The van der Waals surface area contributed by atoms with Crippen molar-refractivity contribution in [3.05, 3.63) is 42.5 Å². The predicted molar refractivity (Wildman–Crippen MR) is 75.1 cm³/mol. The van der Waals surface area contributed by atoms with Crippen LogP contribution in [0.25, 0.3) is 22.8 Å². The monoisotopic (exact) mass is 284 g/mol. The number of rotatable bonds is 3. The molecule has 0 amide bonds. The highest BCUT2D eigenvalue weighted by molar-refractivity contribution is 5.63. The molecule has 106 valence electrons. The molecular weight excluding hydrogens is 272 g/mol. The Morgan fingerprint density at radius 2 is 1.90 bits per heavy atom. The average molecular weight is 284 g/mol. The summed E-state index contributed by atoms with van der Waals surface area (Å²) in [6.45, 7) is 0. The molecule has 0 aliphatic heterocycles. The maximum absolute atomic E-state index is 9.58. The van der Waals surface area contributed by atoms with Crippen LogP contribution in [0.5, 0.6) is 17.2 Å². The van der Waals surface area contributed by atoms with E-state index in [1.165, 1.54) is 13.2 Å². The number of ether oxygens (including phenoxy) is 1. The molecule has 0 aliphatic rings. The molecular formula is C15H12N2O4. The Hall–Kier alpha value is -3.02. The first-order valence-corrected chi connectivity index (χ1v) is 6.18. The van der Waals surface area contributed by atoms with Crippen LogP contribution in [-0.2, 0) is 0 Å². The van der Waals surface area contributed by atoms with Gasteiger partial charge in [-0.3, -0.25) is 0 Å². The van der Waals surface area contributed by atoms with Gasteiger partial charge in [-0.1, -0.05) is 17.3 Å². The molecule has 3 aromatic rings. The topological polar surface area (TPSA) is 88.6 Å².